The molecule has 0 radical (unpaired) electrons. The van der Waals surface area contributed by atoms with Gasteiger partial charge in [-0.15, -0.1) is 0 Å². The van der Waals surface area contributed by atoms with E-state index in [-0.39, 0.29) is 33.0 Å². The maximum atomic E-state index is 13.2. The van der Waals surface area contributed by atoms with Gasteiger partial charge in [0.15, 0.2) is 0 Å². The van der Waals surface area contributed by atoms with E-state index in [9.17, 15) is 22.8 Å². The van der Waals surface area contributed by atoms with Crippen molar-refractivity contribution in [1.29, 1.82) is 0 Å². The van der Waals surface area contributed by atoms with Crippen LogP contribution >= 0.6 is 15.9 Å². The van der Waals surface area contributed by atoms with E-state index in [4.69, 9.17) is 0 Å². The van der Waals surface area contributed by atoms with Gasteiger partial charge in [0.1, 0.15) is 5.69 Å². The number of nitrogens with one attached hydrogen (secondary N) is 3. The zero-order chi connectivity index (χ0) is 30.7. The summed E-state index contributed by atoms with van der Waals surface area (Å²) in [6.45, 7) is 1.73. The molecule has 3 N–H and O–H groups in total. The topological polar surface area (TPSA) is 131 Å². The van der Waals surface area contributed by atoms with Crippen LogP contribution in [0.15, 0.2) is 117 Å². The predicted molar refractivity (Wildman–Crippen MR) is 169 cm³/mol. The molecule has 0 fully saturated rings. The Morgan fingerprint density at radius 2 is 1.47 bits per heavy atom. The Kier molecular flexibility index (Phi) is 8.33. The molecule has 0 aliphatic carbocycles. The molecule has 0 saturated heterocycles. The molecule has 0 unspecified atom stereocenters. The van der Waals surface area contributed by atoms with Crippen LogP contribution in [-0.4, -0.2) is 29.6 Å². The van der Waals surface area contributed by atoms with Gasteiger partial charge in [-0.3, -0.25) is 23.8 Å². The molecule has 0 spiro atoms. The van der Waals surface area contributed by atoms with Crippen molar-refractivity contribution in [1.82, 2.24) is 9.36 Å². The third kappa shape index (κ3) is 6.30. The summed E-state index contributed by atoms with van der Waals surface area (Å²) in [5.41, 5.74) is 1.65. The Bertz CT molecular complexity index is 2000. The maximum Gasteiger partial charge on any atom is 0.295 e. The van der Waals surface area contributed by atoms with E-state index in [0.717, 1.165) is 4.47 Å². The number of nitrogens with zero attached hydrogens (tertiary/aromatic N) is 2. The lowest BCUT2D eigenvalue weighted by Crippen LogP contribution is -2.23. The summed E-state index contributed by atoms with van der Waals surface area (Å²) in [6.07, 6.45) is 0. The molecule has 4 aromatic carbocycles. The lowest BCUT2D eigenvalue weighted by atomic mass is 10.1. The highest BCUT2D eigenvalue weighted by Crippen LogP contribution is 2.23. The number of sulfonamides is 1. The molecule has 12 heteroatoms. The first kappa shape index (κ1) is 29.5. The fraction of sp³-hybridized carbons (Fsp3) is 0.0645. The second-order valence-electron chi connectivity index (χ2n) is 9.53. The van der Waals surface area contributed by atoms with Crippen molar-refractivity contribution in [3.8, 4) is 5.69 Å². The zero-order valence-corrected chi connectivity index (χ0v) is 25.4. The number of carbonyl (C=O) groups is 2. The van der Waals surface area contributed by atoms with Gasteiger partial charge in [0.05, 0.1) is 27.5 Å². The monoisotopic (exact) mass is 659 g/mol. The average Bonchev–Trinajstić information content (AvgIpc) is 3.20. The van der Waals surface area contributed by atoms with Crippen molar-refractivity contribution in [2.75, 3.05) is 15.4 Å². The van der Waals surface area contributed by atoms with Crippen LogP contribution in [0.25, 0.3) is 5.69 Å². The standard InChI is InChI=1S/C31H26BrN5O5S/c1-20-28(31(40)37(36(20)2)24-11-4-3-5-12-24)34-29(38)21-9-8-10-23(19-21)33-30(39)26-13-6-7-14-27(26)35-43(41,42)25-17-15-22(32)16-18-25/h3-19,35H,1-2H3,(H,33,39)(H,34,38). The van der Waals surface area contributed by atoms with Gasteiger partial charge < -0.3 is 10.6 Å². The van der Waals surface area contributed by atoms with Gasteiger partial charge in [-0.2, -0.15) is 0 Å². The van der Waals surface area contributed by atoms with Crippen molar-refractivity contribution in [3.63, 3.8) is 0 Å². The third-order valence-corrected chi connectivity index (χ3v) is 8.63. The van der Waals surface area contributed by atoms with Gasteiger partial charge in [0.25, 0.3) is 27.4 Å². The molecule has 5 rings (SSSR count). The van der Waals surface area contributed by atoms with Crippen molar-refractivity contribution < 1.29 is 18.0 Å². The number of para-hydroxylation sites is 2. The Morgan fingerprint density at radius 3 is 2.19 bits per heavy atom. The van der Waals surface area contributed by atoms with E-state index in [1.807, 2.05) is 18.2 Å². The highest BCUT2D eigenvalue weighted by molar-refractivity contribution is 9.10. The molecular weight excluding hydrogens is 634 g/mol. The summed E-state index contributed by atoms with van der Waals surface area (Å²) < 4.78 is 32.2. The Balaban J connectivity index is 1.35. The van der Waals surface area contributed by atoms with E-state index >= 15 is 0 Å². The highest BCUT2D eigenvalue weighted by Gasteiger charge is 2.21. The van der Waals surface area contributed by atoms with Crippen LogP contribution in [0, 0.1) is 6.92 Å². The third-order valence-electron chi connectivity index (χ3n) is 6.72. The van der Waals surface area contributed by atoms with Crippen LogP contribution in [0.3, 0.4) is 0 Å². The SMILES string of the molecule is Cc1c(NC(=O)c2cccc(NC(=O)c3ccccc3NS(=O)(=O)c3ccc(Br)cc3)c2)c(=O)n(-c2ccccc2)n1C. The molecule has 0 saturated carbocycles. The Labute approximate surface area is 256 Å². The van der Waals surface area contributed by atoms with Crippen LogP contribution < -0.4 is 20.9 Å². The number of halogens is 1. The van der Waals surface area contributed by atoms with Gasteiger partial charge in [0.2, 0.25) is 0 Å². The number of amides is 2. The van der Waals surface area contributed by atoms with E-state index in [2.05, 4.69) is 31.3 Å². The largest absolute Gasteiger partial charge is 0.322 e. The number of hydrogen-bond donors (Lipinski definition) is 3. The lowest BCUT2D eigenvalue weighted by Gasteiger charge is -2.13. The summed E-state index contributed by atoms with van der Waals surface area (Å²) in [4.78, 5) is 39.7. The van der Waals surface area contributed by atoms with Crippen LogP contribution in [0.5, 0.6) is 0 Å². The molecule has 2 amide bonds. The van der Waals surface area contributed by atoms with Crippen LogP contribution in [0.2, 0.25) is 0 Å². The molecular formula is C31H26BrN5O5S. The quantitative estimate of drug-likeness (QED) is 0.201. The Hall–Kier alpha value is -4.94. The molecule has 1 heterocycles. The number of benzene rings is 4. The van der Waals surface area contributed by atoms with Crippen molar-refractivity contribution in [2.24, 2.45) is 7.05 Å². The van der Waals surface area contributed by atoms with Gasteiger partial charge in [-0.1, -0.05) is 52.3 Å². The molecule has 0 aliphatic heterocycles. The highest BCUT2D eigenvalue weighted by atomic mass is 79.9. The first-order valence-electron chi connectivity index (χ1n) is 13.0. The molecule has 0 aliphatic rings. The average molecular weight is 661 g/mol. The molecule has 0 atom stereocenters. The van der Waals surface area contributed by atoms with Crippen LogP contribution in [0.1, 0.15) is 26.4 Å². The van der Waals surface area contributed by atoms with Crippen LogP contribution in [0.4, 0.5) is 17.1 Å². The van der Waals surface area contributed by atoms with Crippen molar-refractivity contribution in [3.05, 3.63) is 135 Å². The van der Waals surface area contributed by atoms with E-state index in [0.29, 0.717) is 17.1 Å². The minimum Gasteiger partial charge on any atom is -0.322 e. The number of anilines is 3. The number of carbonyl (C=O) groups excluding carboxylic acids is 2. The van der Waals surface area contributed by atoms with E-state index in [1.165, 1.54) is 35.0 Å². The van der Waals surface area contributed by atoms with Crippen molar-refractivity contribution >= 4 is 54.8 Å². The first-order valence-corrected chi connectivity index (χ1v) is 15.3. The molecule has 0 bridgehead atoms. The van der Waals surface area contributed by atoms with Crippen LogP contribution in [-0.2, 0) is 17.1 Å². The smallest absolute Gasteiger partial charge is 0.295 e. The van der Waals surface area contributed by atoms with Crippen molar-refractivity contribution in [2.45, 2.75) is 11.8 Å². The van der Waals surface area contributed by atoms with E-state index in [1.54, 1.807) is 73.3 Å². The zero-order valence-electron chi connectivity index (χ0n) is 23.0. The molecule has 5 aromatic rings. The van der Waals surface area contributed by atoms with Gasteiger partial charge in [-0.05, 0) is 73.7 Å². The number of rotatable bonds is 8. The second-order valence-corrected chi connectivity index (χ2v) is 12.1. The molecule has 10 nitrogen and oxygen atoms in total. The summed E-state index contributed by atoms with van der Waals surface area (Å²) in [5.74, 6) is -1.12. The van der Waals surface area contributed by atoms with Gasteiger partial charge in [-0.25, -0.2) is 13.1 Å². The molecule has 218 valence electrons. The fourth-order valence-corrected chi connectivity index (χ4v) is 5.77. The predicted octanol–water partition coefficient (Wildman–Crippen LogP) is 5.55. The molecule has 43 heavy (non-hydrogen) atoms. The summed E-state index contributed by atoms with van der Waals surface area (Å²) in [5, 5.41) is 5.42. The minimum absolute atomic E-state index is 0.0359. The molecule has 1 aromatic heterocycles. The normalized spacial score (nSPS) is 11.1. The first-order chi connectivity index (χ1) is 20.5. The summed E-state index contributed by atoms with van der Waals surface area (Å²) in [7, 11) is -2.24. The van der Waals surface area contributed by atoms with Gasteiger partial charge in [0, 0.05) is 22.8 Å². The van der Waals surface area contributed by atoms with Gasteiger partial charge >= 0.3 is 0 Å². The number of hydrogen-bond acceptors (Lipinski definition) is 5. The lowest BCUT2D eigenvalue weighted by molar-refractivity contribution is 0.101. The van der Waals surface area contributed by atoms with E-state index < -0.39 is 21.8 Å². The summed E-state index contributed by atoms with van der Waals surface area (Å²) >= 11 is 3.28. The number of aromatic nitrogens is 2. The summed E-state index contributed by atoms with van der Waals surface area (Å²) in [6, 6.07) is 27.6. The fourth-order valence-electron chi connectivity index (χ4n) is 4.42. The minimum atomic E-state index is -3.97. The second kappa shape index (κ2) is 12.1. The Morgan fingerprint density at radius 1 is 0.791 bits per heavy atom. The maximum absolute atomic E-state index is 13.2.